The lowest BCUT2D eigenvalue weighted by Crippen LogP contribution is -2.58. The summed E-state index contributed by atoms with van der Waals surface area (Å²) in [7, 11) is 1.64. The van der Waals surface area contributed by atoms with Gasteiger partial charge in [-0.25, -0.2) is 4.39 Å². The highest BCUT2D eigenvalue weighted by molar-refractivity contribution is 5.78. The lowest BCUT2D eigenvalue weighted by Gasteiger charge is -2.44. The maximum atomic E-state index is 13.2. The summed E-state index contributed by atoms with van der Waals surface area (Å²) in [6, 6.07) is 12.6. The quantitative estimate of drug-likeness (QED) is 0.654. The molecule has 0 radical (unpaired) electrons. The van der Waals surface area contributed by atoms with Gasteiger partial charge in [0, 0.05) is 37.3 Å². The van der Waals surface area contributed by atoms with E-state index in [4.69, 9.17) is 9.47 Å². The summed E-state index contributed by atoms with van der Waals surface area (Å²) in [5.41, 5.74) is 1.94. The van der Waals surface area contributed by atoms with Crippen LogP contribution in [0.4, 0.5) is 4.39 Å². The third kappa shape index (κ3) is 5.80. The number of ether oxygens (including phenoxy) is 2. The highest BCUT2D eigenvalue weighted by atomic mass is 19.1. The van der Waals surface area contributed by atoms with Crippen LogP contribution in [0.3, 0.4) is 0 Å². The van der Waals surface area contributed by atoms with Gasteiger partial charge in [0.2, 0.25) is 0 Å². The van der Waals surface area contributed by atoms with E-state index in [-0.39, 0.29) is 35.8 Å². The Morgan fingerprint density at radius 3 is 2.38 bits per heavy atom. The van der Waals surface area contributed by atoms with E-state index in [0.717, 1.165) is 30.0 Å². The Morgan fingerprint density at radius 2 is 1.75 bits per heavy atom. The number of rotatable bonds is 6. The number of methoxy groups -OCH3 is 1. The molecule has 1 saturated heterocycles. The zero-order valence-corrected chi connectivity index (χ0v) is 20.0. The molecular formula is C26H35FN2O3. The van der Waals surface area contributed by atoms with Crippen molar-refractivity contribution in [1.29, 1.82) is 0 Å². The Kier molecular flexibility index (Phi) is 7.44. The summed E-state index contributed by atoms with van der Waals surface area (Å²) >= 11 is 0. The monoisotopic (exact) mass is 442 g/mol. The molecule has 0 bridgehead atoms. The van der Waals surface area contributed by atoms with Crippen molar-refractivity contribution < 1.29 is 18.7 Å². The first kappa shape index (κ1) is 24.1. The number of hydrogen-bond acceptors (Lipinski definition) is 4. The van der Waals surface area contributed by atoms with E-state index in [1.165, 1.54) is 12.1 Å². The molecule has 0 spiro atoms. The van der Waals surface area contributed by atoms with Gasteiger partial charge < -0.3 is 14.4 Å². The number of nitrogens with zero attached hydrogens (tertiary/aromatic N) is 2. The summed E-state index contributed by atoms with van der Waals surface area (Å²) in [5, 5.41) is 0. The lowest BCUT2D eigenvalue weighted by atomic mass is 9.86. The molecule has 2 aromatic carbocycles. The van der Waals surface area contributed by atoms with Gasteiger partial charge in [-0.15, -0.1) is 0 Å². The zero-order chi connectivity index (χ0) is 23.5. The molecule has 2 aromatic rings. The van der Waals surface area contributed by atoms with E-state index in [1.54, 1.807) is 7.11 Å². The van der Waals surface area contributed by atoms with E-state index in [9.17, 15) is 9.18 Å². The largest absolute Gasteiger partial charge is 0.497 e. The van der Waals surface area contributed by atoms with Crippen LogP contribution in [0.1, 0.15) is 45.7 Å². The van der Waals surface area contributed by atoms with E-state index in [0.29, 0.717) is 12.3 Å². The van der Waals surface area contributed by atoms with Crippen molar-refractivity contribution in [3.05, 3.63) is 59.4 Å². The molecule has 1 aliphatic rings. The van der Waals surface area contributed by atoms with E-state index >= 15 is 0 Å². The molecule has 0 saturated carbocycles. The number of benzene rings is 2. The molecule has 0 unspecified atom stereocenters. The van der Waals surface area contributed by atoms with Crippen molar-refractivity contribution in [2.75, 3.05) is 26.8 Å². The summed E-state index contributed by atoms with van der Waals surface area (Å²) in [4.78, 5) is 17.3. The minimum Gasteiger partial charge on any atom is -0.497 e. The zero-order valence-electron chi connectivity index (χ0n) is 20.0. The molecule has 1 fully saturated rings. The summed E-state index contributed by atoms with van der Waals surface area (Å²) < 4.78 is 24.5. The maximum Gasteiger partial charge on any atom is 0.260 e. The topological polar surface area (TPSA) is 42.0 Å². The van der Waals surface area contributed by atoms with Crippen LogP contribution in [0, 0.1) is 5.82 Å². The first-order valence-electron chi connectivity index (χ1n) is 11.2. The predicted molar refractivity (Wildman–Crippen MR) is 125 cm³/mol. The number of piperazine rings is 1. The van der Waals surface area contributed by atoms with Crippen LogP contribution < -0.4 is 9.47 Å². The SMILES string of the molecule is COc1ccc(OCC(=O)N2C[C@H](C)N(Cc3ccc(F)cc3)C[C@H]2C)c(C(C)(C)C)c1. The summed E-state index contributed by atoms with van der Waals surface area (Å²) in [5.74, 6) is 1.24. The second-order valence-corrected chi connectivity index (χ2v) is 9.70. The lowest BCUT2D eigenvalue weighted by molar-refractivity contribution is -0.139. The van der Waals surface area contributed by atoms with Crippen molar-refractivity contribution in [2.24, 2.45) is 0 Å². The normalized spacial score (nSPS) is 19.7. The second-order valence-electron chi connectivity index (χ2n) is 9.70. The van der Waals surface area contributed by atoms with Gasteiger partial charge in [-0.2, -0.15) is 0 Å². The number of halogens is 1. The number of carbonyl (C=O) groups is 1. The van der Waals surface area contributed by atoms with Gasteiger partial charge in [0.25, 0.3) is 5.91 Å². The molecule has 1 aliphatic heterocycles. The average Bonchev–Trinajstić information content (AvgIpc) is 2.75. The minimum absolute atomic E-state index is 0.00440. The fraction of sp³-hybridized carbons (Fsp3) is 0.500. The minimum atomic E-state index is -0.225. The second kappa shape index (κ2) is 9.90. The molecule has 2 atom stereocenters. The smallest absolute Gasteiger partial charge is 0.260 e. The van der Waals surface area contributed by atoms with Crippen molar-refractivity contribution in [2.45, 2.75) is 58.7 Å². The van der Waals surface area contributed by atoms with Crippen molar-refractivity contribution in [3.8, 4) is 11.5 Å². The molecule has 6 heteroatoms. The standard InChI is InChI=1S/C26H35FN2O3/c1-18-15-29(19(2)14-28(18)16-20-7-9-21(27)10-8-20)25(30)17-32-24-12-11-22(31-6)13-23(24)26(3,4)5/h7-13,18-19H,14-17H2,1-6H3/t18-,19+/m0/s1. The van der Waals surface area contributed by atoms with E-state index < -0.39 is 0 Å². The van der Waals surface area contributed by atoms with Crippen LogP contribution >= 0.6 is 0 Å². The van der Waals surface area contributed by atoms with Crippen molar-refractivity contribution >= 4 is 5.91 Å². The number of hydrogen-bond donors (Lipinski definition) is 0. The molecule has 5 nitrogen and oxygen atoms in total. The fourth-order valence-electron chi connectivity index (χ4n) is 4.16. The molecular weight excluding hydrogens is 407 g/mol. The third-order valence-electron chi connectivity index (χ3n) is 6.08. The highest BCUT2D eigenvalue weighted by Gasteiger charge is 2.32. The average molecular weight is 443 g/mol. The summed E-state index contributed by atoms with van der Waals surface area (Å²) in [6.07, 6.45) is 0. The Bertz CT molecular complexity index is 924. The fourth-order valence-corrected chi connectivity index (χ4v) is 4.16. The molecule has 0 N–H and O–H groups in total. The highest BCUT2D eigenvalue weighted by Crippen LogP contribution is 2.34. The van der Waals surface area contributed by atoms with Crippen LogP contribution in [-0.4, -0.2) is 54.6 Å². The van der Waals surface area contributed by atoms with Crippen LogP contribution in [0.2, 0.25) is 0 Å². The molecule has 174 valence electrons. The molecule has 1 amide bonds. The van der Waals surface area contributed by atoms with Gasteiger partial charge >= 0.3 is 0 Å². The van der Waals surface area contributed by atoms with Gasteiger partial charge in [0.15, 0.2) is 6.61 Å². The van der Waals surface area contributed by atoms with Gasteiger partial charge in [0.1, 0.15) is 17.3 Å². The van der Waals surface area contributed by atoms with Gasteiger partial charge in [-0.1, -0.05) is 32.9 Å². The van der Waals surface area contributed by atoms with Gasteiger partial charge in [-0.3, -0.25) is 9.69 Å². The number of carbonyl (C=O) groups excluding carboxylic acids is 1. The molecule has 32 heavy (non-hydrogen) atoms. The van der Waals surface area contributed by atoms with Crippen molar-refractivity contribution in [1.82, 2.24) is 9.80 Å². The van der Waals surface area contributed by atoms with Gasteiger partial charge in [0.05, 0.1) is 7.11 Å². The summed E-state index contributed by atoms with van der Waals surface area (Å²) in [6.45, 7) is 12.7. The predicted octanol–water partition coefficient (Wildman–Crippen LogP) is 4.63. The van der Waals surface area contributed by atoms with Crippen LogP contribution in [0.15, 0.2) is 42.5 Å². The molecule has 0 aliphatic carbocycles. The van der Waals surface area contributed by atoms with E-state index in [1.807, 2.05) is 35.2 Å². The molecule has 1 heterocycles. The Morgan fingerprint density at radius 1 is 1.06 bits per heavy atom. The number of amides is 1. The van der Waals surface area contributed by atoms with Crippen LogP contribution in [-0.2, 0) is 16.8 Å². The van der Waals surface area contributed by atoms with Crippen molar-refractivity contribution in [3.63, 3.8) is 0 Å². The maximum absolute atomic E-state index is 13.2. The Balaban J connectivity index is 1.62. The molecule has 3 rings (SSSR count). The van der Waals surface area contributed by atoms with Crippen LogP contribution in [0.25, 0.3) is 0 Å². The first-order chi connectivity index (χ1) is 15.1. The Labute approximate surface area is 191 Å². The molecule has 0 aromatic heterocycles. The van der Waals surface area contributed by atoms with Crippen LogP contribution in [0.5, 0.6) is 11.5 Å². The van der Waals surface area contributed by atoms with E-state index in [2.05, 4.69) is 39.5 Å². The third-order valence-corrected chi connectivity index (χ3v) is 6.08. The Hall–Kier alpha value is -2.60. The first-order valence-corrected chi connectivity index (χ1v) is 11.2. The van der Waals surface area contributed by atoms with Gasteiger partial charge in [-0.05, 0) is 55.2 Å².